The van der Waals surface area contributed by atoms with Crippen molar-refractivity contribution in [2.24, 2.45) is 11.3 Å². The third-order valence-corrected chi connectivity index (χ3v) is 7.19. The number of para-hydroxylation sites is 1. The van der Waals surface area contributed by atoms with Gasteiger partial charge in [-0.1, -0.05) is 18.2 Å². The molecular weight excluding hydrogens is 459 g/mol. The molecular formula is C26H28F3N3O3. The zero-order valence-electron chi connectivity index (χ0n) is 19.6. The van der Waals surface area contributed by atoms with E-state index in [4.69, 9.17) is 14.7 Å². The number of carbonyl (C=O) groups excluding carboxylic acids is 1. The SMILES string of the molecule is COCC1CN(c2ccc(C#N)c(C(F)(F)F)c2)CC12CCN(C(=O)COc1ccccc1)CC2. The minimum Gasteiger partial charge on any atom is -0.484 e. The summed E-state index contributed by atoms with van der Waals surface area (Å²) in [5.74, 6) is 0.681. The van der Waals surface area contributed by atoms with E-state index < -0.39 is 11.7 Å². The molecule has 0 N–H and O–H groups in total. The lowest BCUT2D eigenvalue weighted by Gasteiger charge is -2.42. The monoisotopic (exact) mass is 487 g/mol. The van der Waals surface area contributed by atoms with Crippen molar-refractivity contribution in [1.82, 2.24) is 4.90 Å². The lowest BCUT2D eigenvalue weighted by atomic mass is 9.71. The van der Waals surface area contributed by atoms with Crippen LogP contribution in [0.5, 0.6) is 5.75 Å². The Labute approximate surface area is 202 Å². The van der Waals surface area contributed by atoms with E-state index >= 15 is 0 Å². The Balaban J connectivity index is 1.44. The normalized spacial score (nSPS) is 19.6. The van der Waals surface area contributed by atoms with Gasteiger partial charge in [-0.05, 0) is 48.6 Å². The number of likely N-dealkylation sites (tertiary alicyclic amines) is 1. The fourth-order valence-corrected chi connectivity index (χ4v) is 5.24. The van der Waals surface area contributed by atoms with Gasteiger partial charge >= 0.3 is 6.18 Å². The minimum atomic E-state index is -4.60. The third-order valence-electron chi connectivity index (χ3n) is 7.19. The molecule has 9 heteroatoms. The summed E-state index contributed by atoms with van der Waals surface area (Å²) < 4.78 is 51.6. The molecule has 0 aromatic heterocycles. The number of methoxy groups -OCH3 is 1. The van der Waals surface area contributed by atoms with E-state index in [1.165, 1.54) is 6.07 Å². The number of nitriles is 1. The molecule has 2 aromatic carbocycles. The van der Waals surface area contributed by atoms with Crippen LogP contribution in [0.3, 0.4) is 0 Å². The van der Waals surface area contributed by atoms with Crippen molar-refractivity contribution >= 4 is 11.6 Å². The smallest absolute Gasteiger partial charge is 0.417 e. The van der Waals surface area contributed by atoms with Crippen LogP contribution in [0.2, 0.25) is 0 Å². The fraction of sp³-hybridized carbons (Fsp3) is 0.462. The van der Waals surface area contributed by atoms with E-state index in [1.54, 1.807) is 36.3 Å². The summed E-state index contributed by atoms with van der Waals surface area (Å²) in [4.78, 5) is 16.4. The highest BCUT2D eigenvalue weighted by Gasteiger charge is 2.49. The molecule has 0 saturated carbocycles. The Morgan fingerprint density at radius 1 is 1.17 bits per heavy atom. The van der Waals surface area contributed by atoms with Crippen molar-refractivity contribution in [2.45, 2.75) is 19.0 Å². The Kier molecular flexibility index (Phi) is 7.22. The largest absolute Gasteiger partial charge is 0.484 e. The van der Waals surface area contributed by atoms with E-state index in [9.17, 15) is 18.0 Å². The van der Waals surface area contributed by atoms with Gasteiger partial charge in [0, 0.05) is 44.9 Å². The van der Waals surface area contributed by atoms with E-state index in [-0.39, 0.29) is 29.4 Å². The van der Waals surface area contributed by atoms with Crippen LogP contribution in [-0.4, -0.2) is 57.3 Å². The van der Waals surface area contributed by atoms with Crippen molar-refractivity contribution in [3.63, 3.8) is 0 Å². The zero-order valence-corrected chi connectivity index (χ0v) is 19.6. The van der Waals surface area contributed by atoms with Gasteiger partial charge in [0.2, 0.25) is 0 Å². The van der Waals surface area contributed by atoms with Crippen molar-refractivity contribution in [2.75, 3.05) is 51.4 Å². The second kappa shape index (κ2) is 10.2. The number of nitrogens with zero attached hydrogens (tertiary/aromatic N) is 3. The summed E-state index contributed by atoms with van der Waals surface area (Å²) in [6.45, 7) is 2.72. The van der Waals surface area contributed by atoms with Gasteiger partial charge in [-0.15, -0.1) is 0 Å². The molecule has 35 heavy (non-hydrogen) atoms. The molecule has 1 atom stereocenters. The van der Waals surface area contributed by atoms with Crippen molar-refractivity contribution in [3.05, 3.63) is 59.7 Å². The predicted molar refractivity (Wildman–Crippen MR) is 124 cm³/mol. The Morgan fingerprint density at radius 2 is 1.89 bits per heavy atom. The van der Waals surface area contributed by atoms with Crippen molar-refractivity contribution in [3.8, 4) is 11.8 Å². The first kappa shape index (κ1) is 24.9. The van der Waals surface area contributed by atoms with Crippen LogP contribution in [0.25, 0.3) is 0 Å². The second-order valence-electron chi connectivity index (χ2n) is 9.22. The van der Waals surface area contributed by atoms with Crippen LogP contribution < -0.4 is 9.64 Å². The maximum absolute atomic E-state index is 13.5. The first-order chi connectivity index (χ1) is 16.8. The minimum absolute atomic E-state index is 0.0316. The van der Waals surface area contributed by atoms with Gasteiger partial charge in [-0.2, -0.15) is 18.4 Å². The Morgan fingerprint density at radius 3 is 2.51 bits per heavy atom. The highest BCUT2D eigenvalue weighted by Crippen LogP contribution is 2.47. The van der Waals surface area contributed by atoms with Gasteiger partial charge in [-0.3, -0.25) is 4.79 Å². The van der Waals surface area contributed by atoms with Gasteiger partial charge < -0.3 is 19.3 Å². The average molecular weight is 488 g/mol. The summed E-state index contributed by atoms with van der Waals surface area (Å²) in [6.07, 6.45) is -3.13. The third kappa shape index (κ3) is 5.38. The highest BCUT2D eigenvalue weighted by molar-refractivity contribution is 5.78. The van der Waals surface area contributed by atoms with E-state index in [1.807, 2.05) is 23.1 Å². The van der Waals surface area contributed by atoms with E-state index in [2.05, 4.69) is 0 Å². The maximum Gasteiger partial charge on any atom is 0.417 e. The molecule has 2 fully saturated rings. The van der Waals surface area contributed by atoms with Gasteiger partial charge in [0.1, 0.15) is 5.75 Å². The molecule has 2 heterocycles. The quantitative estimate of drug-likeness (QED) is 0.606. The molecule has 1 unspecified atom stereocenters. The molecule has 4 rings (SSSR count). The number of benzene rings is 2. The van der Waals surface area contributed by atoms with Crippen LogP contribution in [0.4, 0.5) is 18.9 Å². The lowest BCUT2D eigenvalue weighted by molar-refractivity contribution is -0.138. The maximum atomic E-state index is 13.5. The second-order valence-corrected chi connectivity index (χ2v) is 9.22. The Bertz CT molecular complexity index is 1080. The molecule has 2 saturated heterocycles. The number of ether oxygens (including phenoxy) is 2. The van der Waals surface area contributed by atoms with Crippen LogP contribution in [0.15, 0.2) is 48.5 Å². The van der Waals surface area contributed by atoms with Crippen LogP contribution in [0, 0.1) is 22.7 Å². The molecule has 0 bridgehead atoms. The molecule has 1 spiro atoms. The first-order valence-corrected chi connectivity index (χ1v) is 11.6. The molecule has 0 radical (unpaired) electrons. The summed E-state index contributed by atoms with van der Waals surface area (Å²) >= 11 is 0. The lowest BCUT2D eigenvalue weighted by Crippen LogP contribution is -2.48. The number of amides is 1. The number of rotatable bonds is 6. The zero-order chi connectivity index (χ0) is 25.1. The summed E-state index contributed by atoms with van der Waals surface area (Å²) in [7, 11) is 1.62. The predicted octanol–water partition coefficient (Wildman–Crippen LogP) is 4.35. The van der Waals surface area contributed by atoms with Crippen LogP contribution in [0.1, 0.15) is 24.0 Å². The molecule has 6 nitrogen and oxygen atoms in total. The molecule has 2 aliphatic heterocycles. The summed E-state index contributed by atoms with van der Waals surface area (Å²) in [5.41, 5.74) is -1.02. The highest BCUT2D eigenvalue weighted by atomic mass is 19.4. The van der Waals surface area contributed by atoms with Gasteiger partial charge in [0.15, 0.2) is 6.61 Å². The number of hydrogen-bond acceptors (Lipinski definition) is 5. The average Bonchev–Trinajstić information content (AvgIpc) is 3.20. The number of carbonyl (C=O) groups is 1. The number of hydrogen-bond donors (Lipinski definition) is 0. The van der Waals surface area contributed by atoms with Gasteiger partial charge in [0.05, 0.1) is 23.8 Å². The van der Waals surface area contributed by atoms with Gasteiger partial charge in [-0.25, -0.2) is 0 Å². The Hall–Kier alpha value is -3.25. The number of piperidine rings is 1. The first-order valence-electron chi connectivity index (χ1n) is 11.6. The van der Waals surface area contributed by atoms with Crippen LogP contribution in [-0.2, 0) is 15.7 Å². The fourth-order valence-electron chi connectivity index (χ4n) is 5.24. The standard InChI is InChI=1S/C26H28F3N3O3/c1-34-16-20-15-32(21-8-7-19(14-30)23(13-21)26(27,28)29)18-25(20)9-11-31(12-10-25)24(33)17-35-22-5-3-2-4-6-22/h2-8,13,20H,9-12,15-18H2,1H3. The van der Waals surface area contributed by atoms with E-state index in [0.29, 0.717) is 44.2 Å². The van der Waals surface area contributed by atoms with Crippen molar-refractivity contribution < 1.29 is 27.4 Å². The van der Waals surface area contributed by atoms with Crippen LogP contribution >= 0.6 is 0 Å². The topological polar surface area (TPSA) is 65.8 Å². The number of halogens is 3. The number of anilines is 1. The van der Waals surface area contributed by atoms with Crippen molar-refractivity contribution in [1.29, 1.82) is 5.26 Å². The molecule has 0 aliphatic carbocycles. The summed E-state index contributed by atoms with van der Waals surface area (Å²) in [5, 5.41) is 9.10. The molecule has 2 aromatic rings. The van der Waals surface area contributed by atoms with Gasteiger partial charge in [0.25, 0.3) is 5.91 Å². The molecule has 2 aliphatic rings. The van der Waals surface area contributed by atoms with E-state index in [0.717, 1.165) is 18.9 Å². The number of alkyl halides is 3. The molecule has 186 valence electrons. The molecule has 1 amide bonds. The summed E-state index contributed by atoms with van der Waals surface area (Å²) in [6, 6.07) is 14.7.